The van der Waals surface area contributed by atoms with Gasteiger partial charge in [0, 0.05) is 19.6 Å². The monoisotopic (exact) mass is 341 g/mol. The van der Waals surface area contributed by atoms with Gasteiger partial charge in [-0.15, -0.1) is 0 Å². The van der Waals surface area contributed by atoms with Crippen molar-refractivity contribution in [2.75, 3.05) is 20.1 Å². The quantitative estimate of drug-likeness (QED) is 0.894. The zero-order valence-electron chi connectivity index (χ0n) is 15.0. The summed E-state index contributed by atoms with van der Waals surface area (Å²) in [7, 11) is 2.14. The Bertz CT molecular complexity index is 621. The lowest BCUT2D eigenvalue weighted by atomic mass is 9.87. The fourth-order valence-electron chi connectivity index (χ4n) is 3.70. The predicted molar refractivity (Wildman–Crippen MR) is 95.9 cm³/mol. The van der Waals surface area contributed by atoms with Crippen LogP contribution in [-0.2, 0) is 11.3 Å². The Hall–Kier alpha value is -2.06. The highest BCUT2D eigenvalue weighted by atomic mass is 16.5. The Morgan fingerprint density at radius 3 is 2.52 bits per heavy atom. The lowest BCUT2D eigenvalue weighted by Crippen LogP contribution is -2.37. The summed E-state index contributed by atoms with van der Waals surface area (Å²) in [5.74, 6) is 0.757. The van der Waals surface area contributed by atoms with Crippen molar-refractivity contribution in [2.24, 2.45) is 5.41 Å². The molecule has 0 spiro atoms. The van der Waals surface area contributed by atoms with Crippen LogP contribution in [0, 0.1) is 16.7 Å². The van der Waals surface area contributed by atoms with Crippen LogP contribution < -0.4 is 10.1 Å². The van der Waals surface area contributed by atoms with Crippen molar-refractivity contribution < 1.29 is 9.53 Å². The van der Waals surface area contributed by atoms with Crippen molar-refractivity contribution in [3.63, 3.8) is 0 Å². The third-order valence-corrected chi connectivity index (χ3v) is 5.45. The van der Waals surface area contributed by atoms with Crippen LogP contribution in [0.2, 0.25) is 0 Å². The molecule has 5 nitrogen and oxygen atoms in total. The van der Waals surface area contributed by atoms with Crippen LogP contribution in [0.1, 0.15) is 44.1 Å². The summed E-state index contributed by atoms with van der Waals surface area (Å²) < 4.78 is 6.04. The number of nitrogens with one attached hydrogen (secondary N) is 1. The van der Waals surface area contributed by atoms with Crippen LogP contribution in [-0.4, -0.2) is 37.0 Å². The molecule has 0 atom stereocenters. The van der Waals surface area contributed by atoms with Crippen LogP contribution in [0.4, 0.5) is 0 Å². The van der Waals surface area contributed by atoms with Gasteiger partial charge in [-0.3, -0.25) is 4.79 Å². The number of ether oxygens (including phenoxy) is 1. The number of rotatable bonds is 5. The molecule has 0 radical (unpaired) electrons. The number of benzene rings is 1. The minimum Gasteiger partial charge on any atom is -0.490 e. The zero-order valence-corrected chi connectivity index (χ0v) is 15.0. The van der Waals surface area contributed by atoms with Crippen molar-refractivity contribution in [2.45, 2.75) is 51.2 Å². The Kier molecular flexibility index (Phi) is 5.60. The van der Waals surface area contributed by atoms with E-state index >= 15 is 0 Å². The molecule has 1 N–H and O–H groups in total. The summed E-state index contributed by atoms with van der Waals surface area (Å²) in [5, 5.41) is 12.3. The van der Waals surface area contributed by atoms with E-state index in [4.69, 9.17) is 4.74 Å². The van der Waals surface area contributed by atoms with Gasteiger partial charge in [-0.1, -0.05) is 25.0 Å². The standard InChI is InChI=1S/C20H27N3O2/c1-23-12-8-18(9-13-23)25-17-6-4-16(5-7-17)14-22-19(24)20(15-21)10-2-3-11-20/h4-7,18H,2-3,8-14H2,1H3,(H,22,24). The molecule has 1 aromatic carbocycles. The van der Waals surface area contributed by atoms with Gasteiger partial charge in [-0.2, -0.15) is 5.26 Å². The summed E-state index contributed by atoms with van der Waals surface area (Å²) in [6.45, 7) is 2.61. The number of hydrogen-bond donors (Lipinski definition) is 1. The highest BCUT2D eigenvalue weighted by molar-refractivity contribution is 5.85. The Balaban J connectivity index is 1.49. The fourth-order valence-corrected chi connectivity index (χ4v) is 3.70. The Morgan fingerprint density at radius 2 is 1.92 bits per heavy atom. The van der Waals surface area contributed by atoms with E-state index in [0.717, 1.165) is 50.1 Å². The summed E-state index contributed by atoms with van der Waals surface area (Å²) in [4.78, 5) is 14.7. The van der Waals surface area contributed by atoms with E-state index in [9.17, 15) is 10.1 Å². The molecular formula is C20H27N3O2. The van der Waals surface area contributed by atoms with Crippen LogP contribution in [0.15, 0.2) is 24.3 Å². The number of piperidine rings is 1. The molecule has 1 amide bonds. The van der Waals surface area contributed by atoms with Gasteiger partial charge in [0.25, 0.3) is 0 Å². The van der Waals surface area contributed by atoms with Crippen LogP contribution >= 0.6 is 0 Å². The largest absolute Gasteiger partial charge is 0.490 e. The summed E-state index contributed by atoms with van der Waals surface area (Å²) >= 11 is 0. The van der Waals surface area contributed by atoms with Crippen LogP contribution in [0.25, 0.3) is 0 Å². The fraction of sp³-hybridized carbons (Fsp3) is 0.600. The summed E-state index contributed by atoms with van der Waals surface area (Å²) in [6, 6.07) is 10.1. The molecule has 25 heavy (non-hydrogen) atoms. The van der Waals surface area contributed by atoms with Crippen LogP contribution in [0.5, 0.6) is 5.75 Å². The molecule has 0 unspecified atom stereocenters. The minimum atomic E-state index is -0.808. The second kappa shape index (κ2) is 7.88. The van der Waals surface area contributed by atoms with E-state index < -0.39 is 5.41 Å². The maximum Gasteiger partial charge on any atom is 0.240 e. The van der Waals surface area contributed by atoms with Crippen molar-refractivity contribution in [1.29, 1.82) is 5.26 Å². The molecule has 1 saturated carbocycles. The third-order valence-electron chi connectivity index (χ3n) is 5.45. The molecule has 1 aliphatic carbocycles. The second-order valence-electron chi connectivity index (χ2n) is 7.35. The lowest BCUT2D eigenvalue weighted by molar-refractivity contribution is -0.128. The maximum absolute atomic E-state index is 12.4. The molecular weight excluding hydrogens is 314 g/mol. The van der Waals surface area contributed by atoms with Gasteiger partial charge in [0.1, 0.15) is 17.3 Å². The van der Waals surface area contributed by atoms with Crippen molar-refractivity contribution in [3.05, 3.63) is 29.8 Å². The van der Waals surface area contributed by atoms with E-state index in [1.165, 1.54) is 0 Å². The Morgan fingerprint density at radius 1 is 1.28 bits per heavy atom. The lowest BCUT2D eigenvalue weighted by Gasteiger charge is -2.29. The average Bonchev–Trinajstić information content (AvgIpc) is 3.13. The summed E-state index contributed by atoms with van der Waals surface area (Å²) in [6.07, 6.45) is 5.69. The topological polar surface area (TPSA) is 65.4 Å². The number of hydrogen-bond acceptors (Lipinski definition) is 4. The van der Waals surface area contributed by atoms with Gasteiger partial charge in [-0.05, 0) is 50.4 Å². The van der Waals surface area contributed by atoms with E-state index in [1.54, 1.807) is 0 Å². The molecule has 1 aromatic rings. The molecule has 1 saturated heterocycles. The predicted octanol–water partition coefficient (Wildman–Crippen LogP) is 2.86. The minimum absolute atomic E-state index is 0.126. The molecule has 2 aliphatic rings. The van der Waals surface area contributed by atoms with Crippen LogP contribution in [0.3, 0.4) is 0 Å². The zero-order chi connectivity index (χ0) is 17.7. The van der Waals surface area contributed by atoms with Crippen molar-refractivity contribution in [3.8, 4) is 11.8 Å². The number of nitrogens with zero attached hydrogens (tertiary/aromatic N) is 2. The normalized spacial score (nSPS) is 20.8. The van der Waals surface area contributed by atoms with Crippen molar-refractivity contribution >= 4 is 5.91 Å². The first-order valence-corrected chi connectivity index (χ1v) is 9.25. The highest BCUT2D eigenvalue weighted by Crippen LogP contribution is 2.37. The summed E-state index contributed by atoms with van der Waals surface area (Å²) in [5.41, 5.74) is 0.215. The smallest absolute Gasteiger partial charge is 0.240 e. The second-order valence-corrected chi connectivity index (χ2v) is 7.35. The van der Waals surface area contributed by atoms with E-state index in [-0.39, 0.29) is 5.91 Å². The SMILES string of the molecule is CN1CCC(Oc2ccc(CNC(=O)C3(C#N)CCCC3)cc2)CC1. The van der Waals surface area contributed by atoms with Gasteiger partial charge in [0.15, 0.2) is 0 Å². The number of nitriles is 1. The first kappa shape index (κ1) is 17.8. The van der Waals surface area contributed by atoms with Gasteiger partial charge < -0.3 is 15.0 Å². The Labute approximate surface area is 150 Å². The van der Waals surface area contributed by atoms with Gasteiger partial charge >= 0.3 is 0 Å². The van der Waals surface area contributed by atoms with Gasteiger partial charge in [0.05, 0.1) is 6.07 Å². The third kappa shape index (κ3) is 4.32. The molecule has 134 valence electrons. The molecule has 1 heterocycles. The van der Waals surface area contributed by atoms with E-state index in [0.29, 0.717) is 25.5 Å². The first-order chi connectivity index (χ1) is 12.1. The average molecular weight is 341 g/mol. The number of carbonyl (C=O) groups is 1. The number of carbonyl (C=O) groups excluding carboxylic acids is 1. The van der Waals surface area contributed by atoms with E-state index in [1.807, 2.05) is 24.3 Å². The van der Waals surface area contributed by atoms with Gasteiger partial charge in [-0.25, -0.2) is 0 Å². The molecule has 1 aliphatic heterocycles. The van der Waals surface area contributed by atoms with Gasteiger partial charge in [0.2, 0.25) is 5.91 Å². The molecule has 0 aromatic heterocycles. The number of likely N-dealkylation sites (tertiary alicyclic amines) is 1. The highest BCUT2D eigenvalue weighted by Gasteiger charge is 2.41. The first-order valence-electron chi connectivity index (χ1n) is 9.25. The number of amides is 1. The molecule has 3 rings (SSSR count). The van der Waals surface area contributed by atoms with Crippen molar-refractivity contribution in [1.82, 2.24) is 10.2 Å². The molecule has 5 heteroatoms. The molecule has 0 bridgehead atoms. The van der Waals surface area contributed by atoms with E-state index in [2.05, 4.69) is 23.3 Å². The molecule has 2 fully saturated rings. The maximum atomic E-state index is 12.4.